The molecule has 0 amide bonds. The van der Waals surface area contributed by atoms with Gasteiger partial charge in [0.15, 0.2) is 0 Å². The van der Waals surface area contributed by atoms with E-state index >= 15 is 0 Å². The van der Waals surface area contributed by atoms with Crippen molar-refractivity contribution in [3.05, 3.63) is 40.6 Å². The molecule has 2 atom stereocenters. The molecule has 1 N–H and O–H groups in total. The second kappa shape index (κ2) is 5.65. The molecule has 2 aromatic rings. The van der Waals surface area contributed by atoms with Gasteiger partial charge in [0.2, 0.25) is 0 Å². The van der Waals surface area contributed by atoms with Gasteiger partial charge in [-0.1, -0.05) is 0 Å². The standard InChI is InChI=1S/C15H17N3O3/c1-10-11(6-8-21-10)9-17-13-4-5-14(18(19)20)15-12(13)3-2-7-16-15/h2-5,7,10-11,17H,6,8-9H2,1H3. The van der Waals surface area contributed by atoms with Crippen LogP contribution in [0.3, 0.4) is 0 Å². The lowest BCUT2D eigenvalue weighted by molar-refractivity contribution is -0.383. The number of non-ortho nitro benzene ring substituents is 1. The Morgan fingerprint density at radius 2 is 2.33 bits per heavy atom. The van der Waals surface area contributed by atoms with Gasteiger partial charge in [-0.2, -0.15) is 0 Å². The van der Waals surface area contributed by atoms with E-state index in [0.29, 0.717) is 11.4 Å². The van der Waals surface area contributed by atoms with Crippen molar-refractivity contribution in [2.45, 2.75) is 19.4 Å². The Hall–Kier alpha value is -2.21. The molecule has 2 unspecified atom stereocenters. The van der Waals surface area contributed by atoms with Crippen LogP contribution in [0.1, 0.15) is 13.3 Å². The fourth-order valence-corrected chi connectivity index (χ4v) is 2.74. The Bertz CT molecular complexity index is 674. The number of rotatable bonds is 4. The Labute approximate surface area is 122 Å². The molecule has 110 valence electrons. The molecule has 1 fully saturated rings. The van der Waals surface area contributed by atoms with E-state index in [1.807, 2.05) is 6.07 Å². The molecule has 6 heteroatoms. The Morgan fingerprint density at radius 3 is 3.05 bits per heavy atom. The van der Waals surface area contributed by atoms with Crippen LogP contribution in [-0.2, 0) is 4.74 Å². The Kier molecular flexibility index (Phi) is 3.70. The van der Waals surface area contributed by atoms with Crippen LogP contribution in [0.25, 0.3) is 10.9 Å². The summed E-state index contributed by atoms with van der Waals surface area (Å²) in [6.45, 7) is 3.67. The van der Waals surface area contributed by atoms with Crippen LogP contribution < -0.4 is 5.32 Å². The maximum absolute atomic E-state index is 11.1. The second-order valence-electron chi connectivity index (χ2n) is 5.29. The molecule has 1 saturated heterocycles. The van der Waals surface area contributed by atoms with Gasteiger partial charge in [-0.05, 0) is 31.5 Å². The summed E-state index contributed by atoms with van der Waals surface area (Å²) in [6.07, 6.45) is 2.86. The maximum Gasteiger partial charge on any atom is 0.295 e. The van der Waals surface area contributed by atoms with Gasteiger partial charge in [-0.3, -0.25) is 10.1 Å². The van der Waals surface area contributed by atoms with E-state index in [0.717, 1.165) is 30.6 Å². The summed E-state index contributed by atoms with van der Waals surface area (Å²) in [5.74, 6) is 0.465. The van der Waals surface area contributed by atoms with Crippen LogP contribution in [0.4, 0.5) is 11.4 Å². The van der Waals surface area contributed by atoms with Crippen molar-refractivity contribution in [2.75, 3.05) is 18.5 Å². The summed E-state index contributed by atoms with van der Waals surface area (Å²) in [5.41, 5.74) is 1.33. The zero-order valence-electron chi connectivity index (χ0n) is 11.8. The number of nitro groups is 1. The van der Waals surface area contributed by atoms with Crippen molar-refractivity contribution in [2.24, 2.45) is 5.92 Å². The molecule has 6 nitrogen and oxygen atoms in total. The van der Waals surface area contributed by atoms with Crippen molar-refractivity contribution in [3.63, 3.8) is 0 Å². The summed E-state index contributed by atoms with van der Waals surface area (Å²) in [6, 6.07) is 6.90. The molecule has 1 aliphatic heterocycles. The first-order chi connectivity index (χ1) is 10.2. The number of nitrogens with zero attached hydrogens (tertiary/aromatic N) is 2. The Morgan fingerprint density at radius 1 is 1.48 bits per heavy atom. The van der Waals surface area contributed by atoms with E-state index in [4.69, 9.17) is 4.74 Å². The van der Waals surface area contributed by atoms with Crippen LogP contribution in [-0.4, -0.2) is 29.2 Å². The fraction of sp³-hybridized carbons (Fsp3) is 0.400. The lowest BCUT2D eigenvalue weighted by Gasteiger charge is -2.16. The van der Waals surface area contributed by atoms with E-state index < -0.39 is 4.92 Å². The SMILES string of the molecule is CC1OCCC1CNc1ccc([N+](=O)[O-])c2ncccc12. The Balaban J connectivity index is 1.89. The normalized spacial score (nSPS) is 21.6. The van der Waals surface area contributed by atoms with Crippen molar-refractivity contribution in [1.82, 2.24) is 4.98 Å². The van der Waals surface area contributed by atoms with Crippen molar-refractivity contribution >= 4 is 22.3 Å². The zero-order valence-corrected chi connectivity index (χ0v) is 11.8. The molecule has 0 aliphatic carbocycles. The van der Waals surface area contributed by atoms with Crippen LogP contribution in [0.15, 0.2) is 30.5 Å². The molecule has 0 saturated carbocycles. The van der Waals surface area contributed by atoms with E-state index in [1.54, 1.807) is 18.3 Å². The van der Waals surface area contributed by atoms with E-state index in [1.165, 1.54) is 6.07 Å². The lowest BCUT2D eigenvalue weighted by Crippen LogP contribution is -2.20. The molecule has 1 aromatic heterocycles. The van der Waals surface area contributed by atoms with Gasteiger partial charge in [-0.15, -0.1) is 0 Å². The second-order valence-corrected chi connectivity index (χ2v) is 5.29. The number of hydrogen-bond acceptors (Lipinski definition) is 5. The number of anilines is 1. The van der Waals surface area contributed by atoms with Crippen molar-refractivity contribution in [1.29, 1.82) is 0 Å². The number of fused-ring (bicyclic) bond motifs is 1. The van der Waals surface area contributed by atoms with E-state index in [-0.39, 0.29) is 11.8 Å². The third-order valence-corrected chi connectivity index (χ3v) is 4.03. The molecular formula is C15H17N3O3. The molecule has 1 aromatic carbocycles. The van der Waals surface area contributed by atoms with Gasteiger partial charge in [0, 0.05) is 42.4 Å². The number of hydrogen-bond donors (Lipinski definition) is 1. The molecule has 1 aliphatic rings. The third-order valence-electron chi connectivity index (χ3n) is 4.03. The van der Waals surface area contributed by atoms with Gasteiger partial charge >= 0.3 is 0 Å². The highest BCUT2D eigenvalue weighted by Crippen LogP contribution is 2.30. The number of aromatic nitrogens is 1. The maximum atomic E-state index is 11.1. The predicted molar refractivity (Wildman–Crippen MR) is 80.4 cm³/mol. The molecular weight excluding hydrogens is 270 g/mol. The minimum atomic E-state index is -0.397. The first kappa shape index (κ1) is 13.8. The van der Waals surface area contributed by atoms with Gasteiger partial charge < -0.3 is 10.1 Å². The fourth-order valence-electron chi connectivity index (χ4n) is 2.74. The minimum Gasteiger partial charge on any atom is -0.384 e. The first-order valence-electron chi connectivity index (χ1n) is 7.04. The summed E-state index contributed by atoms with van der Waals surface area (Å²) >= 11 is 0. The summed E-state index contributed by atoms with van der Waals surface area (Å²) in [4.78, 5) is 14.8. The monoisotopic (exact) mass is 287 g/mol. The van der Waals surface area contributed by atoms with Crippen LogP contribution in [0, 0.1) is 16.0 Å². The lowest BCUT2D eigenvalue weighted by atomic mass is 10.0. The highest BCUT2D eigenvalue weighted by atomic mass is 16.6. The average Bonchev–Trinajstić information content (AvgIpc) is 2.89. The number of pyridine rings is 1. The largest absolute Gasteiger partial charge is 0.384 e. The average molecular weight is 287 g/mol. The summed E-state index contributed by atoms with van der Waals surface area (Å²) in [5, 5.41) is 15.2. The highest BCUT2D eigenvalue weighted by molar-refractivity contribution is 5.96. The number of ether oxygens (including phenoxy) is 1. The van der Waals surface area contributed by atoms with Gasteiger partial charge in [0.25, 0.3) is 5.69 Å². The van der Waals surface area contributed by atoms with Crippen LogP contribution in [0.5, 0.6) is 0 Å². The van der Waals surface area contributed by atoms with E-state index in [9.17, 15) is 10.1 Å². The third kappa shape index (κ3) is 2.67. The minimum absolute atomic E-state index is 0.0358. The summed E-state index contributed by atoms with van der Waals surface area (Å²) < 4.78 is 5.55. The highest BCUT2D eigenvalue weighted by Gasteiger charge is 2.24. The molecule has 3 rings (SSSR count). The summed E-state index contributed by atoms with van der Waals surface area (Å²) in [7, 11) is 0. The van der Waals surface area contributed by atoms with Gasteiger partial charge in [0.05, 0.1) is 11.0 Å². The molecule has 0 spiro atoms. The van der Waals surface area contributed by atoms with Crippen LogP contribution >= 0.6 is 0 Å². The van der Waals surface area contributed by atoms with Crippen molar-refractivity contribution < 1.29 is 9.66 Å². The number of nitrogens with one attached hydrogen (secondary N) is 1. The molecule has 2 heterocycles. The zero-order chi connectivity index (χ0) is 14.8. The van der Waals surface area contributed by atoms with Crippen molar-refractivity contribution in [3.8, 4) is 0 Å². The molecule has 0 radical (unpaired) electrons. The van der Waals surface area contributed by atoms with Crippen LogP contribution in [0.2, 0.25) is 0 Å². The number of benzene rings is 1. The topological polar surface area (TPSA) is 77.3 Å². The predicted octanol–water partition coefficient (Wildman–Crippen LogP) is 2.98. The van der Waals surface area contributed by atoms with Gasteiger partial charge in [0.1, 0.15) is 5.52 Å². The van der Waals surface area contributed by atoms with E-state index in [2.05, 4.69) is 17.2 Å². The molecule has 0 bridgehead atoms. The quantitative estimate of drug-likeness (QED) is 0.691. The molecule has 21 heavy (non-hydrogen) atoms. The number of nitro benzene ring substituents is 1. The first-order valence-corrected chi connectivity index (χ1v) is 7.04. The smallest absolute Gasteiger partial charge is 0.295 e. The van der Waals surface area contributed by atoms with Gasteiger partial charge in [-0.25, -0.2) is 4.98 Å².